The van der Waals surface area contributed by atoms with E-state index in [9.17, 15) is 18.7 Å². The molecule has 0 amide bonds. The molecule has 0 aromatic carbocycles. The molecule has 2 bridgehead atoms. The lowest BCUT2D eigenvalue weighted by atomic mass is 9.82. The van der Waals surface area contributed by atoms with E-state index in [2.05, 4.69) is 6.92 Å². The minimum absolute atomic E-state index is 0.125. The van der Waals surface area contributed by atoms with Gasteiger partial charge < -0.3 is 14.3 Å². The average Bonchev–Trinajstić information content (AvgIpc) is 3.32. The van der Waals surface area contributed by atoms with Crippen LogP contribution < -0.4 is 0 Å². The van der Waals surface area contributed by atoms with Crippen molar-refractivity contribution in [2.24, 2.45) is 11.8 Å². The number of carbonyl (C=O) groups excluding carboxylic acids is 1. The number of esters is 1. The number of hydrogen-bond acceptors (Lipinski definition) is 4. The predicted molar refractivity (Wildman–Crippen MR) is 103 cm³/mol. The van der Waals surface area contributed by atoms with Crippen LogP contribution >= 0.6 is 11.3 Å². The molecule has 0 spiro atoms. The van der Waals surface area contributed by atoms with Crippen molar-refractivity contribution < 1.29 is 27.9 Å². The van der Waals surface area contributed by atoms with Gasteiger partial charge in [0.05, 0.1) is 19.6 Å². The van der Waals surface area contributed by atoms with Crippen LogP contribution in [0, 0.1) is 11.8 Å². The Morgan fingerprint density at radius 1 is 1.39 bits per heavy atom. The van der Waals surface area contributed by atoms with E-state index < -0.39 is 29.8 Å². The third kappa shape index (κ3) is 3.50. The van der Waals surface area contributed by atoms with E-state index in [1.165, 1.54) is 11.3 Å². The molecule has 3 atom stereocenters. The number of aliphatic hydroxyl groups is 1. The quantitative estimate of drug-likeness (QED) is 0.567. The largest absolute Gasteiger partial charge is 0.454 e. The number of halogens is 2. The van der Waals surface area contributed by atoms with E-state index in [1.807, 2.05) is 0 Å². The van der Waals surface area contributed by atoms with Gasteiger partial charge in [0, 0.05) is 42.4 Å². The number of rotatable bonds is 6. The van der Waals surface area contributed by atoms with Gasteiger partial charge in [0.25, 0.3) is 0 Å². The first kappa shape index (κ1) is 20.2. The molecule has 1 aromatic rings. The van der Waals surface area contributed by atoms with Crippen LogP contribution in [-0.2, 0) is 15.1 Å². The number of fused-ring (bicyclic) bond motifs is 3. The minimum atomic E-state index is -2.83. The van der Waals surface area contributed by atoms with Crippen LogP contribution in [0.3, 0.4) is 0 Å². The van der Waals surface area contributed by atoms with E-state index >= 15 is 0 Å². The number of alkyl halides is 2. The minimum Gasteiger partial charge on any atom is -0.454 e. The maximum absolute atomic E-state index is 13.9. The number of ether oxygens (including phenoxy) is 1. The molecule has 1 aliphatic carbocycles. The zero-order valence-electron chi connectivity index (χ0n) is 16.4. The molecule has 7 heteroatoms. The van der Waals surface area contributed by atoms with Crippen molar-refractivity contribution in [1.29, 1.82) is 0 Å². The van der Waals surface area contributed by atoms with Crippen molar-refractivity contribution in [3.05, 3.63) is 22.4 Å². The molecule has 156 valence electrons. The first-order valence-electron chi connectivity index (χ1n) is 10.5. The van der Waals surface area contributed by atoms with Crippen LogP contribution in [0.2, 0.25) is 0 Å². The zero-order valence-corrected chi connectivity index (χ0v) is 17.2. The molecule has 4 fully saturated rings. The fourth-order valence-corrected chi connectivity index (χ4v) is 6.53. The summed E-state index contributed by atoms with van der Waals surface area (Å²) in [5, 5.41) is 13.2. The molecular formula is C21H30F2NO3S+. The highest BCUT2D eigenvalue weighted by molar-refractivity contribution is 7.10. The molecule has 3 aliphatic heterocycles. The van der Waals surface area contributed by atoms with Gasteiger partial charge in [-0.2, -0.15) is 0 Å². The van der Waals surface area contributed by atoms with Crippen molar-refractivity contribution >= 4 is 17.3 Å². The number of thiophene rings is 1. The number of carbonyl (C=O) groups is 1. The van der Waals surface area contributed by atoms with Gasteiger partial charge >= 0.3 is 5.97 Å². The van der Waals surface area contributed by atoms with Gasteiger partial charge in [0.1, 0.15) is 6.54 Å². The first-order valence-corrected chi connectivity index (χ1v) is 11.4. The Bertz CT molecular complexity index is 697. The Morgan fingerprint density at radius 3 is 2.71 bits per heavy atom. The fourth-order valence-electron chi connectivity index (χ4n) is 5.64. The van der Waals surface area contributed by atoms with E-state index in [0.29, 0.717) is 10.8 Å². The molecule has 28 heavy (non-hydrogen) atoms. The van der Waals surface area contributed by atoms with Crippen LogP contribution in [-0.4, -0.2) is 53.8 Å². The van der Waals surface area contributed by atoms with Crippen LogP contribution in [0.1, 0.15) is 50.3 Å². The predicted octanol–water partition coefficient (Wildman–Crippen LogP) is 3.93. The summed E-state index contributed by atoms with van der Waals surface area (Å²) in [6, 6.07) is 3.39. The van der Waals surface area contributed by atoms with E-state index in [1.54, 1.807) is 17.5 Å². The van der Waals surface area contributed by atoms with Crippen LogP contribution in [0.25, 0.3) is 0 Å². The molecule has 4 aliphatic rings. The van der Waals surface area contributed by atoms with Crippen molar-refractivity contribution in [3.8, 4) is 0 Å². The van der Waals surface area contributed by atoms with E-state index in [-0.39, 0.29) is 18.9 Å². The van der Waals surface area contributed by atoms with Gasteiger partial charge in [0.15, 0.2) is 11.7 Å². The molecule has 4 nitrogen and oxygen atoms in total. The summed E-state index contributed by atoms with van der Waals surface area (Å²) < 4.78 is 34.7. The normalized spacial score (nSPS) is 36.2. The molecule has 3 saturated heterocycles. The second kappa shape index (κ2) is 7.33. The summed E-state index contributed by atoms with van der Waals surface area (Å²) in [5.74, 6) is -4.06. The fraction of sp³-hybridized carbons (Fsp3) is 0.762. The second-order valence-corrected chi connectivity index (χ2v) is 9.96. The van der Waals surface area contributed by atoms with Gasteiger partial charge in [-0.05, 0) is 24.3 Å². The van der Waals surface area contributed by atoms with Gasteiger partial charge in [-0.1, -0.05) is 13.0 Å². The highest BCUT2D eigenvalue weighted by Gasteiger charge is 2.56. The summed E-state index contributed by atoms with van der Waals surface area (Å²) in [6.07, 6.45) is 2.27. The van der Waals surface area contributed by atoms with Crippen molar-refractivity contribution in [1.82, 2.24) is 0 Å². The van der Waals surface area contributed by atoms with Crippen LogP contribution in [0.15, 0.2) is 17.5 Å². The topological polar surface area (TPSA) is 46.5 Å². The Kier molecular flexibility index (Phi) is 5.30. The smallest absolute Gasteiger partial charge is 0.344 e. The summed E-state index contributed by atoms with van der Waals surface area (Å²) >= 11 is 1.23. The third-order valence-electron chi connectivity index (χ3n) is 7.20. The molecule has 0 radical (unpaired) electrons. The second-order valence-electron chi connectivity index (χ2n) is 9.02. The Morgan fingerprint density at radius 2 is 2.14 bits per heavy atom. The maximum Gasteiger partial charge on any atom is 0.344 e. The highest BCUT2D eigenvalue weighted by atomic mass is 32.1. The third-order valence-corrected chi connectivity index (χ3v) is 8.19. The van der Waals surface area contributed by atoms with Gasteiger partial charge in [-0.25, -0.2) is 13.6 Å². The number of piperidine rings is 3. The number of nitrogens with zero attached hydrogens (tertiary/aromatic N) is 1. The zero-order chi connectivity index (χ0) is 20.0. The van der Waals surface area contributed by atoms with E-state index in [0.717, 1.165) is 49.9 Å². The van der Waals surface area contributed by atoms with Crippen molar-refractivity contribution in [2.45, 2.75) is 63.1 Å². The summed E-state index contributed by atoms with van der Waals surface area (Å²) in [4.78, 5) is 13.7. The van der Waals surface area contributed by atoms with Crippen molar-refractivity contribution in [3.63, 3.8) is 0 Å². The maximum atomic E-state index is 13.9. The Labute approximate surface area is 169 Å². The SMILES string of the molecule is CCC[N+]12CCC(CC1)[C@@H](OC(=O)C(O)(c1cccs1)C1CCC(F)(F)C1)C2. The molecule has 1 aromatic heterocycles. The molecular weight excluding hydrogens is 384 g/mol. The monoisotopic (exact) mass is 414 g/mol. The first-order chi connectivity index (χ1) is 13.3. The van der Waals surface area contributed by atoms with Crippen LogP contribution in [0.5, 0.6) is 0 Å². The Hall–Kier alpha value is -1.05. The summed E-state index contributed by atoms with van der Waals surface area (Å²) in [7, 11) is 0. The average molecular weight is 415 g/mol. The lowest BCUT2D eigenvalue weighted by molar-refractivity contribution is -0.946. The Balaban J connectivity index is 1.55. The number of hydrogen-bond donors (Lipinski definition) is 1. The molecule has 1 saturated carbocycles. The number of quaternary nitrogens is 1. The standard InChI is InChI=1S/C21H30F2NO3S/c1-2-9-24-10-6-15(7-11-24)17(14-24)27-19(25)21(26,18-4-3-12-28-18)16-5-8-20(22,23)13-16/h3-4,12,15-17,26H,2,5-11,13-14H2,1H3/q+1/t15?,16?,17-,21?,24?/m0/s1. The molecule has 4 heterocycles. The summed E-state index contributed by atoms with van der Waals surface area (Å²) in [5.41, 5.74) is -1.98. The molecule has 5 rings (SSSR count). The molecule has 1 N–H and O–H groups in total. The lowest BCUT2D eigenvalue weighted by Crippen LogP contribution is -2.65. The van der Waals surface area contributed by atoms with E-state index in [4.69, 9.17) is 4.74 Å². The highest BCUT2D eigenvalue weighted by Crippen LogP contribution is 2.49. The molecule has 2 unspecified atom stereocenters. The summed E-state index contributed by atoms with van der Waals surface area (Å²) in [6.45, 7) is 6.27. The van der Waals surface area contributed by atoms with Crippen LogP contribution in [0.4, 0.5) is 8.78 Å². The van der Waals surface area contributed by atoms with Crippen molar-refractivity contribution in [2.75, 3.05) is 26.2 Å². The lowest BCUT2D eigenvalue weighted by Gasteiger charge is -2.52. The van der Waals surface area contributed by atoms with Gasteiger partial charge in [0.2, 0.25) is 5.92 Å². The van der Waals surface area contributed by atoms with Gasteiger partial charge in [-0.15, -0.1) is 11.3 Å². The van der Waals surface area contributed by atoms with Gasteiger partial charge in [-0.3, -0.25) is 0 Å².